The first-order valence-corrected chi connectivity index (χ1v) is 6.42. The fourth-order valence-electron chi connectivity index (χ4n) is 1.66. The highest BCUT2D eigenvalue weighted by molar-refractivity contribution is 9.10. The first-order valence-electron chi connectivity index (χ1n) is 5.63. The molecule has 2 N–H and O–H groups in total. The monoisotopic (exact) mass is 310 g/mol. The maximum atomic E-state index is 4.38. The summed E-state index contributed by atoms with van der Waals surface area (Å²) in [6, 6.07) is 0. The third-order valence-electron chi connectivity index (χ3n) is 2.52. The molecule has 18 heavy (non-hydrogen) atoms. The van der Waals surface area contributed by atoms with E-state index in [9.17, 15) is 0 Å². The zero-order chi connectivity index (χ0) is 13.1. The first kappa shape index (κ1) is 12.8. The molecular weight excluding hydrogens is 296 g/mol. The summed E-state index contributed by atoms with van der Waals surface area (Å²) in [6.07, 6.45) is 4.32. The molecule has 2 aromatic heterocycles. The Morgan fingerprint density at radius 2 is 2.06 bits per heavy atom. The summed E-state index contributed by atoms with van der Waals surface area (Å²) in [6.45, 7) is 2.07. The van der Waals surface area contributed by atoms with Crippen LogP contribution in [-0.2, 0) is 13.5 Å². The van der Waals surface area contributed by atoms with Crippen molar-refractivity contribution in [1.29, 1.82) is 0 Å². The quantitative estimate of drug-likeness (QED) is 0.907. The van der Waals surface area contributed by atoms with Crippen LogP contribution < -0.4 is 10.6 Å². The molecule has 0 saturated carbocycles. The van der Waals surface area contributed by atoms with Crippen LogP contribution in [0.5, 0.6) is 0 Å². The molecule has 0 aliphatic carbocycles. The lowest BCUT2D eigenvalue weighted by Gasteiger charge is -2.09. The Balaban J connectivity index is 2.33. The molecule has 0 radical (unpaired) electrons. The van der Waals surface area contributed by atoms with Crippen LogP contribution in [0.2, 0.25) is 0 Å². The van der Waals surface area contributed by atoms with Crippen molar-refractivity contribution in [3.05, 3.63) is 22.7 Å². The van der Waals surface area contributed by atoms with E-state index in [1.54, 1.807) is 4.68 Å². The summed E-state index contributed by atoms with van der Waals surface area (Å²) in [7, 11) is 3.72. The number of hydrogen-bond donors (Lipinski definition) is 2. The largest absolute Gasteiger partial charge is 0.372 e. The maximum absolute atomic E-state index is 4.38. The molecule has 0 amide bonds. The van der Waals surface area contributed by atoms with Gasteiger partial charge >= 0.3 is 0 Å². The van der Waals surface area contributed by atoms with Gasteiger partial charge in [0.25, 0.3) is 0 Å². The van der Waals surface area contributed by atoms with Crippen LogP contribution >= 0.6 is 15.9 Å². The lowest BCUT2D eigenvalue weighted by Crippen LogP contribution is -2.01. The van der Waals surface area contributed by atoms with Crippen LogP contribution in [0.25, 0.3) is 0 Å². The van der Waals surface area contributed by atoms with E-state index in [0.29, 0.717) is 0 Å². The van der Waals surface area contributed by atoms with Gasteiger partial charge in [-0.3, -0.25) is 4.68 Å². The number of anilines is 3. The molecule has 0 spiro atoms. The summed E-state index contributed by atoms with van der Waals surface area (Å²) in [5.41, 5.74) is 1.97. The molecular formula is C11H15BrN6. The highest BCUT2D eigenvalue weighted by Gasteiger charge is 2.11. The zero-order valence-electron chi connectivity index (χ0n) is 10.5. The van der Waals surface area contributed by atoms with Gasteiger partial charge in [-0.2, -0.15) is 5.10 Å². The number of aryl methyl sites for hydroxylation is 2. The lowest BCUT2D eigenvalue weighted by atomic mass is 10.3. The standard InChI is InChI=1S/C11H15BrN6/c1-4-7-8(5-18(3)17-7)16-11-9(12)10(13-2)14-6-15-11/h5-6H,4H2,1-3H3,(H2,13,14,15,16). The average molecular weight is 311 g/mol. The van der Waals surface area contributed by atoms with Gasteiger partial charge in [-0.15, -0.1) is 0 Å². The molecule has 6 nitrogen and oxygen atoms in total. The maximum Gasteiger partial charge on any atom is 0.150 e. The van der Waals surface area contributed by atoms with Crippen LogP contribution in [-0.4, -0.2) is 26.8 Å². The Morgan fingerprint density at radius 1 is 1.33 bits per heavy atom. The third kappa shape index (κ3) is 2.45. The Kier molecular flexibility index (Phi) is 3.81. The second-order valence-electron chi connectivity index (χ2n) is 3.78. The molecule has 2 heterocycles. The van der Waals surface area contributed by atoms with Crippen LogP contribution in [0.15, 0.2) is 17.0 Å². The number of halogens is 1. The van der Waals surface area contributed by atoms with Gasteiger partial charge in [0, 0.05) is 20.3 Å². The molecule has 0 aliphatic heterocycles. The smallest absolute Gasteiger partial charge is 0.150 e. The van der Waals surface area contributed by atoms with Crippen molar-refractivity contribution in [2.75, 3.05) is 17.7 Å². The van der Waals surface area contributed by atoms with Crippen molar-refractivity contribution < 1.29 is 0 Å². The second-order valence-corrected chi connectivity index (χ2v) is 4.57. The van der Waals surface area contributed by atoms with E-state index in [1.807, 2.05) is 20.3 Å². The predicted molar refractivity (Wildman–Crippen MR) is 75.1 cm³/mol. The van der Waals surface area contributed by atoms with Gasteiger partial charge in [0.05, 0.1) is 11.4 Å². The molecule has 0 unspecified atom stereocenters. The zero-order valence-corrected chi connectivity index (χ0v) is 12.1. The number of nitrogens with one attached hydrogen (secondary N) is 2. The third-order valence-corrected chi connectivity index (χ3v) is 3.27. The van der Waals surface area contributed by atoms with Crippen molar-refractivity contribution in [3.8, 4) is 0 Å². The minimum absolute atomic E-state index is 0.719. The van der Waals surface area contributed by atoms with Gasteiger partial charge in [0.15, 0.2) is 0 Å². The van der Waals surface area contributed by atoms with Gasteiger partial charge in [-0.05, 0) is 22.4 Å². The van der Waals surface area contributed by atoms with Gasteiger partial charge < -0.3 is 10.6 Å². The Bertz CT molecular complexity index is 550. The normalized spacial score (nSPS) is 10.4. The fraction of sp³-hybridized carbons (Fsp3) is 0.364. The van der Waals surface area contributed by atoms with E-state index in [-0.39, 0.29) is 0 Å². The van der Waals surface area contributed by atoms with Crippen molar-refractivity contribution in [1.82, 2.24) is 19.7 Å². The first-order chi connectivity index (χ1) is 8.65. The lowest BCUT2D eigenvalue weighted by molar-refractivity contribution is 0.746. The topological polar surface area (TPSA) is 67.7 Å². The Morgan fingerprint density at radius 3 is 2.72 bits per heavy atom. The number of aromatic nitrogens is 4. The molecule has 2 rings (SSSR count). The molecule has 0 bridgehead atoms. The highest BCUT2D eigenvalue weighted by Crippen LogP contribution is 2.29. The Hall–Kier alpha value is -1.63. The van der Waals surface area contributed by atoms with Crippen LogP contribution in [0.4, 0.5) is 17.3 Å². The average Bonchev–Trinajstić information content (AvgIpc) is 2.72. The van der Waals surface area contributed by atoms with Crippen LogP contribution in [0.1, 0.15) is 12.6 Å². The van der Waals surface area contributed by atoms with Crippen molar-refractivity contribution >= 4 is 33.3 Å². The van der Waals surface area contributed by atoms with Gasteiger partial charge in [0.1, 0.15) is 22.4 Å². The predicted octanol–water partition coefficient (Wildman–Crippen LogP) is 2.32. The van der Waals surface area contributed by atoms with Gasteiger partial charge in [0.2, 0.25) is 0 Å². The van der Waals surface area contributed by atoms with E-state index in [2.05, 4.69) is 48.6 Å². The summed E-state index contributed by atoms with van der Waals surface area (Å²) in [4.78, 5) is 8.34. The molecule has 7 heteroatoms. The van der Waals surface area contributed by atoms with Crippen molar-refractivity contribution in [3.63, 3.8) is 0 Å². The Labute approximate surface area is 114 Å². The van der Waals surface area contributed by atoms with Crippen molar-refractivity contribution in [2.24, 2.45) is 7.05 Å². The van der Waals surface area contributed by atoms with Gasteiger partial charge in [-0.25, -0.2) is 9.97 Å². The van der Waals surface area contributed by atoms with Crippen LogP contribution in [0.3, 0.4) is 0 Å². The summed E-state index contributed by atoms with van der Waals surface area (Å²) < 4.78 is 2.59. The summed E-state index contributed by atoms with van der Waals surface area (Å²) in [5, 5.41) is 10.6. The fourth-order valence-corrected chi connectivity index (χ4v) is 2.16. The van der Waals surface area contributed by atoms with Gasteiger partial charge in [-0.1, -0.05) is 6.92 Å². The van der Waals surface area contributed by atoms with Crippen LogP contribution in [0, 0.1) is 0 Å². The minimum Gasteiger partial charge on any atom is -0.372 e. The number of hydrogen-bond acceptors (Lipinski definition) is 5. The molecule has 96 valence electrons. The van der Waals surface area contributed by atoms with E-state index >= 15 is 0 Å². The van der Waals surface area contributed by atoms with E-state index in [1.165, 1.54) is 6.33 Å². The number of rotatable bonds is 4. The number of nitrogens with zero attached hydrogens (tertiary/aromatic N) is 4. The molecule has 0 aromatic carbocycles. The van der Waals surface area contributed by atoms with Crippen molar-refractivity contribution in [2.45, 2.75) is 13.3 Å². The second kappa shape index (κ2) is 5.34. The molecule has 2 aromatic rings. The summed E-state index contributed by atoms with van der Waals surface area (Å²) in [5.74, 6) is 1.46. The van der Waals surface area contributed by atoms with E-state index in [0.717, 1.165) is 33.9 Å². The minimum atomic E-state index is 0.719. The molecule has 0 saturated heterocycles. The highest BCUT2D eigenvalue weighted by atomic mass is 79.9. The van der Waals surface area contributed by atoms with E-state index in [4.69, 9.17) is 0 Å². The van der Waals surface area contributed by atoms with E-state index < -0.39 is 0 Å². The molecule has 0 aliphatic rings. The summed E-state index contributed by atoms with van der Waals surface area (Å²) >= 11 is 3.47. The molecule has 0 fully saturated rings. The SMILES string of the molecule is CCc1nn(C)cc1Nc1ncnc(NC)c1Br. The molecule has 0 atom stereocenters.